The molecule has 0 spiro atoms. The van der Waals surface area contributed by atoms with Gasteiger partial charge in [-0.15, -0.1) is 0 Å². The lowest BCUT2D eigenvalue weighted by Crippen LogP contribution is -2.32. The summed E-state index contributed by atoms with van der Waals surface area (Å²) in [7, 11) is 0. The van der Waals surface area contributed by atoms with Crippen LogP contribution in [0.3, 0.4) is 0 Å². The van der Waals surface area contributed by atoms with E-state index in [1.54, 1.807) is 0 Å². The maximum absolute atomic E-state index is 13.5. The monoisotopic (exact) mass is 296 g/mol. The summed E-state index contributed by atoms with van der Waals surface area (Å²) in [6.07, 6.45) is -3.26. The first-order chi connectivity index (χ1) is 9.55. The van der Waals surface area contributed by atoms with Crippen molar-refractivity contribution in [3.05, 3.63) is 28.0 Å². The maximum Gasteiger partial charge on any atom is 0.418 e. The third-order valence-corrected chi connectivity index (χ3v) is 5.67. The third kappa shape index (κ3) is 1.47. The van der Waals surface area contributed by atoms with Gasteiger partial charge >= 0.3 is 6.18 Å². The molecule has 21 heavy (non-hydrogen) atoms. The Kier molecular flexibility index (Phi) is 2.50. The van der Waals surface area contributed by atoms with Crippen LogP contribution in [0, 0.1) is 22.2 Å². The highest BCUT2D eigenvalue weighted by Gasteiger charge is 2.64. The summed E-state index contributed by atoms with van der Waals surface area (Å²) in [6, 6.07) is 1.50. The molecule has 0 radical (unpaired) electrons. The van der Waals surface area contributed by atoms with Gasteiger partial charge in [0, 0.05) is 11.0 Å². The lowest BCUT2D eigenvalue weighted by atomic mass is 9.70. The van der Waals surface area contributed by atoms with E-state index >= 15 is 0 Å². The van der Waals surface area contributed by atoms with Crippen LogP contribution in [0.15, 0.2) is 4.42 Å². The molecule has 2 unspecified atom stereocenters. The van der Waals surface area contributed by atoms with Gasteiger partial charge in [-0.2, -0.15) is 18.4 Å². The van der Waals surface area contributed by atoms with Crippen LogP contribution >= 0.6 is 0 Å². The minimum Gasteiger partial charge on any atom is -0.442 e. The number of hydrogen-bond donors (Lipinski definition) is 1. The Labute approximate surface area is 119 Å². The fourth-order valence-corrected chi connectivity index (χ4v) is 4.13. The zero-order valence-corrected chi connectivity index (χ0v) is 12.0. The molecule has 2 bridgehead atoms. The van der Waals surface area contributed by atoms with Crippen molar-refractivity contribution in [3.8, 4) is 6.07 Å². The highest BCUT2D eigenvalue weighted by atomic mass is 19.4. The molecular formula is C15H15F3N2O. The molecule has 2 aliphatic rings. The fraction of sp³-hybridized carbons (Fsp3) is 0.600. The molecular weight excluding hydrogens is 281 g/mol. The minimum atomic E-state index is -4.65. The molecule has 0 aliphatic heterocycles. The first-order valence-electron chi connectivity index (χ1n) is 6.79. The topological polar surface area (TPSA) is 60.8 Å². The van der Waals surface area contributed by atoms with Crippen LogP contribution in [0.25, 0.3) is 0 Å². The highest BCUT2D eigenvalue weighted by molar-refractivity contribution is 5.53. The van der Waals surface area contributed by atoms with Crippen molar-refractivity contribution in [1.82, 2.24) is 0 Å². The largest absolute Gasteiger partial charge is 0.442 e. The van der Waals surface area contributed by atoms with Crippen LogP contribution in [0.1, 0.15) is 62.0 Å². The van der Waals surface area contributed by atoms with Gasteiger partial charge in [-0.05, 0) is 24.2 Å². The van der Waals surface area contributed by atoms with E-state index in [1.807, 2.05) is 20.8 Å². The van der Waals surface area contributed by atoms with Crippen molar-refractivity contribution < 1.29 is 17.6 Å². The summed E-state index contributed by atoms with van der Waals surface area (Å²) >= 11 is 0. The predicted molar refractivity (Wildman–Crippen MR) is 67.4 cm³/mol. The van der Waals surface area contributed by atoms with E-state index < -0.39 is 28.3 Å². The third-order valence-electron chi connectivity index (χ3n) is 5.67. The summed E-state index contributed by atoms with van der Waals surface area (Å²) < 4.78 is 45.9. The van der Waals surface area contributed by atoms with E-state index in [2.05, 4.69) is 0 Å². The number of alkyl halides is 3. The van der Waals surface area contributed by atoms with Crippen LogP contribution in [-0.4, -0.2) is 0 Å². The summed E-state index contributed by atoms with van der Waals surface area (Å²) in [6.45, 7) is 5.78. The van der Waals surface area contributed by atoms with Crippen molar-refractivity contribution in [1.29, 1.82) is 10.7 Å². The van der Waals surface area contributed by atoms with Crippen LogP contribution in [-0.2, 0) is 11.6 Å². The number of fused-ring (bicyclic) bond motifs is 5. The number of rotatable bonds is 0. The molecule has 3 rings (SSSR count). The molecule has 1 saturated carbocycles. The summed E-state index contributed by atoms with van der Waals surface area (Å²) in [4.78, 5) is 0. The standard InChI is InChI=1S/C15H15F3N2O/c1-13(2)8-4-5-14(13,3)11-9(8)10(15(16,17)18)7(6-19)12(20)21-11/h8,20H,4-5H2,1-3H3. The van der Waals surface area contributed by atoms with E-state index in [9.17, 15) is 13.2 Å². The molecule has 1 heterocycles. The van der Waals surface area contributed by atoms with E-state index in [0.717, 1.165) is 6.42 Å². The molecule has 112 valence electrons. The normalized spacial score (nSPS) is 29.3. The molecule has 1 aromatic rings. The van der Waals surface area contributed by atoms with Crippen molar-refractivity contribution in [2.45, 2.75) is 51.1 Å². The minimum absolute atomic E-state index is 0.105. The molecule has 0 amide bonds. The summed E-state index contributed by atoms with van der Waals surface area (Å²) in [5, 5.41) is 16.7. The van der Waals surface area contributed by atoms with Gasteiger partial charge in [0.2, 0.25) is 5.55 Å². The number of halogens is 3. The van der Waals surface area contributed by atoms with E-state index in [1.165, 1.54) is 6.07 Å². The van der Waals surface area contributed by atoms with Crippen molar-refractivity contribution >= 4 is 0 Å². The first kappa shape index (κ1) is 14.2. The summed E-state index contributed by atoms with van der Waals surface area (Å²) in [5.41, 5.74) is -3.14. The lowest BCUT2D eigenvalue weighted by molar-refractivity contribution is -0.139. The maximum atomic E-state index is 13.5. The van der Waals surface area contributed by atoms with Gasteiger partial charge in [-0.1, -0.05) is 20.8 Å². The van der Waals surface area contributed by atoms with Gasteiger partial charge in [-0.3, -0.25) is 5.41 Å². The first-order valence-corrected chi connectivity index (χ1v) is 6.79. The van der Waals surface area contributed by atoms with Crippen LogP contribution in [0.5, 0.6) is 0 Å². The van der Waals surface area contributed by atoms with Gasteiger partial charge in [0.05, 0.1) is 5.56 Å². The second-order valence-corrected chi connectivity index (χ2v) is 6.68. The van der Waals surface area contributed by atoms with Crippen LogP contribution in [0.2, 0.25) is 0 Å². The summed E-state index contributed by atoms with van der Waals surface area (Å²) in [5.74, 6) is -0.0364. The Morgan fingerprint density at radius 1 is 1.33 bits per heavy atom. The second-order valence-electron chi connectivity index (χ2n) is 6.68. The average molecular weight is 296 g/mol. The average Bonchev–Trinajstić information content (AvgIpc) is 2.67. The Hall–Kier alpha value is -1.77. The molecule has 2 atom stereocenters. The van der Waals surface area contributed by atoms with Gasteiger partial charge in [0.1, 0.15) is 17.4 Å². The van der Waals surface area contributed by atoms with Gasteiger partial charge < -0.3 is 4.42 Å². The molecule has 0 saturated heterocycles. The zero-order valence-electron chi connectivity index (χ0n) is 12.0. The van der Waals surface area contributed by atoms with E-state index in [4.69, 9.17) is 15.1 Å². The molecule has 1 fully saturated rings. The smallest absolute Gasteiger partial charge is 0.418 e. The van der Waals surface area contributed by atoms with Crippen molar-refractivity contribution in [3.63, 3.8) is 0 Å². The van der Waals surface area contributed by atoms with E-state index in [0.29, 0.717) is 6.42 Å². The zero-order chi connectivity index (χ0) is 15.8. The van der Waals surface area contributed by atoms with Crippen molar-refractivity contribution in [2.24, 2.45) is 5.41 Å². The fourth-order valence-electron chi connectivity index (χ4n) is 4.13. The highest BCUT2D eigenvalue weighted by Crippen LogP contribution is 2.68. The van der Waals surface area contributed by atoms with E-state index in [-0.39, 0.29) is 22.7 Å². The van der Waals surface area contributed by atoms with Crippen LogP contribution in [0.4, 0.5) is 13.2 Å². The molecule has 1 N–H and O–H groups in total. The Morgan fingerprint density at radius 2 is 1.95 bits per heavy atom. The van der Waals surface area contributed by atoms with Gasteiger partial charge in [0.25, 0.3) is 0 Å². The molecule has 3 nitrogen and oxygen atoms in total. The SMILES string of the molecule is CC12CCC(c3c1oc(=N)c(C#N)c3C(F)(F)F)C2(C)C. The molecule has 2 aliphatic carbocycles. The Morgan fingerprint density at radius 3 is 2.48 bits per heavy atom. The quantitative estimate of drug-likeness (QED) is 0.791. The van der Waals surface area contributed by atoms with Crippen molar-refractivity contribution in [2.75, 3.05) is 0 Å². The molecule has 6 heteroatoms. The molecule has 0 aromatic carbocycles. The van der Waals surface area contributed by atoms with Gasteiger partial charge in [0.15, 0.2) is 0 Å². The number of hydrogen-bond acceptors (Lipinski definition) is 3. The number of nitrogens with one attached hydrogen (secondary N) is 1. The number of nitrogens with zero attached hydrogens (tertiary/aromatic N) is 1. The van der Waals surface area contributed by atoms with Gasteiger partial charge in [-0.25, -0.2) is 0 Å². The lowest BCUT2D eigenvalue weighted by Gasteiger charge is -2.33. The number of nitriles is 1. The predicted octanol–water partition coefficient (Wildman–Crippen LogP) is 3.82. The Bertz CT molecular complexity index is 739. The second kappa shape index (κ2) is 3.70. The van der Waals surface area contributed by atoms with Crippen LogP contribution < -0.4 is 5.55 Å². The Balaban J connectivity index is 2.47. The molecule has 1 aromatic heterocycles.